The highest BCUT2D eigenvalue weighted by Gasteiger charge is 2.04. The lowest BCUT2D eigenvalue weighted by atomic mass is 10.3. The summed E-state index contributed by atoms with van der Waals surface area (Å²) in [7, 11) is 1.68. The third-order valence-corrected chi connectivity index (χ3v) is 4.05. The highest BCUT2D eigenvalue weighted by molar-refractivity contribution is 7.11. The van der Waals surface area contributed by atoms with E-state index in [4.69, 9.17) is 4.74 Å². The van der Waals surface area contributed by atoms with Gasteiger partial charge < -0.3 is 15.4 Å². The van der Waals surface area contributed by atoms with E-state index >= 15 is 0 Å². The molecule has 2 rings (SSSR count). The molecule has 0 bridgehead atoms. The summed E-state index contributed by atoms with van der Waals surface area (Å²) in [6.07, 6.45) is 2.69. The number of ether oxygens (including phenoxy) is 1. The first-order chi connectivity index (χ1) is 11.6. The van der Waals surface area contributed by atoms with Crippen LogP contribution in [0.2, 0.25) is 0 Å². The number of halogens is 2. The second kappa shape index (κ2) is 9.17. The fourth-order valence-corrected chi connectivity index (χ4v) is 2.72. The molecule has 0 aliphatic rings. The van der Waals surface area contributed by atoms with Crippen molar-refractivity contribution in [3.8, 4) is 5.75 Å². The Hall–Kier alpha value is -2.22. The fraction of sp³-hybridized carbons (Fsp3) is 0.375. The number of aromatic nitrogens is 1. The second-order valence-corrected chi connectivity index (χ2v) is 6.28. The summed E-state index contributed by atoms with van der Waals surface area (Å²) in [5, 5.41) is 7.35. The number of nitrogens with one attached hydrogen (secondary N) is 2. The Morgan fingerprint density at radius 1 is 1.25 bits per heavy atom. The first-order valence-electron chi connectivity index (χ1n) is 7.52. The number of guanidine groups is 1. The molecule has 2 aromatic rings. The van der Waals surface area contributed by atoms with Crippen molar-refractivity contribution >= 4 is 17.3 Å². The molecule has 24 heavy (non-hydrogen) atoms. The lowest BCUT2D eigenvalue weighted by Gasteiger charge is -2.12. The Morgan fingerprint density at radius 2 is 2.04 bits per heavy atom. The van der Waals surface area contributed by atoms with Gasteiger partial charge in [0.15, 0.2) is 17.6 Å². The molecule has 0 aliphatic heterocycles. The summed E-state index contributed by atoms with van der Waals surface area (Å²) in [5.41, 5.74) is 0. The summed E-state index contributed by atoms with van der Waals surface area (Å²) in [6, 6.07) is 3.46. The average molecular weight is 354 g/mol. The van der Waals surface area contributed by atoms with E-state index in [0.29, 0.717) is 19.1 Å². The summed E-state index contributed by atoms with van der Waals surface area (Å²) in [4.78, 5) is 9.60. The van der Waals surface area contributed by atoms with Gasteiger partial charge in [-0.3, -0.25) is 4.99 Å². The summed E-state index contributed by atoms with van der Waals surface area (Å²) in [5.74, 6) is -0.870. The number of hydrogen-bond donors (Lipinski definition) is 2. The van der Waals surface area contributed by atoms with Gasteiger partial charge in [0.05, 0.1) is 11.6 Å². The van der Waals surface area contributed by atoms with E-state index in [1.54, 1.807) is 18.4 Å². The molecular weight excluding hydrogens is 334 g/mol. The third-order valence-electron chi connectivity index (χ3n) is 3.08. The second-order valence-electron chi connectivity index (χ2n) is 4.96. The number of hydrogen-bond acceptors (Lipinski definition) is 4. The zero-order valence-electron chi connectivity index (χ0n) is 13.6. The molecule has 0 atom stereocenters. The van der Waals surface area contributed by atoms with Gasteiger partial charge in [0.25, 0.3) is 0 Å². The molecule has 0 saturated carbocycles. The summed E-state index contributed by atoms with van der Waals surface area (Å²) in [6.45, 7) is 3.53. The van der Waals surface area contributed by atoms with Gasteiger partial charge in [-0.2, -0.15) is 0 Å². The van der Waals surface area contributed by atoms with Gasteiger partial charge in [0, 0.05) is 37.2 Å². The van der Waals surface area contributed by atoms with E-state index in [9.17, 15) is 8.78 Å². The number of nitrogens with zero attached hydrogens (tertiary/aromatic N) is 2. The number of aryl methyl sites for hydroxylation is 1. The van der Waals surface area contributed by atoms with Gasteiger partial charge in [-0.15, -0.1) is 11.3 Å². The van der Waals surface area contributed by atoms with Crippen molar-refractivity contribution in [1.82, 2.24) is 15.6 Å². The molecule has 1 aromatic heterocycles. The van der Waals surface area contributed by atoms with Gasteiger partial charge in [-0.1, -0.05) is 0 Å². The minimum Gasteiger partial charge on any atom is -0.492 e. The number of rotatable bonds is 7. The summed E-state index contributed by atoms with van der Waals surface area (Å²) < 4.78 is 31.2. The Kier molecular flexibility index (Phi) is 6.92. The smallest absolute Gasteiger partial charge is 0.191 e. The first-order valence-corrected chi connectivity index (χ1v) is 8.34. The predicted molar refractivity (Wildman–Crippen MR) is 91.8 cm³/mol. The number of benzene rings is 1. The van der Waals surface area contributed by atoms with E-state index in [0.717, 1.165) is 30.1 Å². The quantitative estimate of drug-likeness (QED) is 0.456. The maximum atomic E-state index is 13.0. The SMILES string of the molecule is CN=C(NCCOc1ccc(F)c(F)c1)NCCc1ncc(C)s1. The summed E-state index contributed by atoms with van der Waals surface area (Å²) >= 11 is 1.68. The maximum absolute atomic E-state index is 13.0. The van der Waals surface area contributed by atoms with Crippen molar-refractivity contribution in [3.63, 3.8) is 0 Å². The van der Waals surface area contributed by atoms with Gasteiger partial charge >= 0.3 is 0 Å². The van der Waals surface area contributed by atoms with Crippen LogP contribution >= 0.6 is 11.3 Å². The van der Waals surface area contributed by atoms with Crippen LogP contribution in [0.3, 0.4) is 0 Å². The van der Waals surface area contributed by atoms with Crippen LogP contribution in [-0.2, 0) is 6.42 Å². The Balaban J connectivity index is 1.65. The number of thiazole rings is 1. The van der Waals surface area contributed by atoms with Crippen LogP contribution in [0.1, 0.15) is 9.88 Å². The third kappa shape index (κ3) is 5.77. The lowest BCUT2D eigenvalue weighted by molar-refractivity contribution is 0.318. The average Bonchev–Trinajstić information content (AvgIpc) is 2.98. The monoisotopic (exact) mass is 354 g/mol. The van der Waals surface area contributed by atoms with Gasteiger partial charge in [0.1, 0.15) is 12.4 Å². The van der Waals surface area contributed by atoms with Gasteiger partial charge in [-0.05, 0) is 19.1 Å². The maximum Gasteiger partial charge on any atom is 0.191 e. The van der Waals surface area contributed by atoms with E-state index in [1.807, 2.05) is 13.1 Å². The highest BCUT2D eigenvalue weighted by Crippen LogP contribution is 2.15. The van der Waals surface area contributed by atoms with Crippen LogP contribution in [0.4, 0.5) is 8.78 Å². The molecule has 0 unspecified atom stereocenters. The molecule has 0 spiro atoms. The predicted octanol–water partition coefficient (Wildman–Crippen LogP) is 2.52. The molecule has 0 saturated heterocycles. The van der Waals surface area contributed by atoms with Crippen LogP contribution in [0.5, 0.6) is 5.75 Å². The molecular formula is C16H20F2N4OS. The lowest BCUT2D eigenvalue weighted by Crippen LogP contribution is -2.40. The van der Waals surface area contributed by atoms with Crippen LogP contribution in [0.15, 0.2) is 29.4 Å². The topological polar surface area (TPSA) is 58.5 Å². The minimum absolute atomic E-state index is 0.290. The van der Waals surface area contributed by atoms with E-state index in [-0.39, 0.29) is 5.75 Å². The molecule has 0 radical (unpaired) electrons. The van der Waals surface area contributed by atoms with Crippen LogP contribution in [0, 0.1) is 18.6 Å². The van der Waals surface area contributed by atoms with Crippen molar-refractivity contribution in [2.24, 2.45) is 4.99 Å². The molecule has 8 heteroatoms. The molecule has 0 fully saturated rings. The molecule has 2 N–H and O–H groups in total. The van der Waals surface area contributed by atoms with Crippen LogP contribution < -0.4 is 15.4 Å². The largest absolute Gasteiger partial charge is 0.492 e. The van der Waals surface area contributed by atoms with Gasteiger partial charge in [0.2, 0.25) is 0 Å². The zero-order chi connectivity index (χ0) is 17.4. The highest BCUT2D eigenvalue weighted by atomic mass is 32.1. The van der Waals surface area contributed by atoms with Crippen molar-refractivity contribution in [3.05, 3.63) is 45.9 Å². The zero-order valence-corrected chi connectivity index (χ0v) is 14.4. The normalized spacial score (nSPS) is 11.4. The Bertz CT molecular complexity index is 690. The Morgan fingerprint density at radius 3 is 2.71 bits per heavy atom. The molecule has 1 heterocycles. The molecule has 5 nitrogen and oxygen atoms in total. The fourth-order valence-electron chi connectivity index (χ4n) is 1.93. The standard InChI is InChI=1S/C16H20F2N4OS/c1-11-10-22-15(24-11)5-6-20-16(19-2)21-7-8-23-12-3-4-13(17)14(18)9-12/h3-4,9-10H,5-8H2,1-2H3,(H2,19,20,21). The molecule has 0 aliphatic carbocycles. The minimum atomic E-state index is -0.921. The van der Waals surface area contributed by atoms with E-state index in [2.05, 4.69) is 20.6 Å². The molecule has 130 valence electrons. The molecule has 1 aromatic carbocycles. The number of aliphatic imine (C=N–C) groups is 1. The van der Waals surface area contributed by atoms with Crippen molar-refractivity contribution in [2.45, 2.75) is 13.3 Å². The van der Waals surface area contributed by atoms with Crippen LogP contribution in [0.25, 0.3) is 0 Å². The van der Waals surface area contributed by atoms with E-state index in [1.165, 1.54) is 10.9 Å². The van der Waals surface area contributed by atoms with E-state index < -0.39 is 11.6 Å². The Labute approximate surface area is 143 Å². The molecule has 0 amide bonds. The van der Waals surface area contributed by atoms with Crippen molar-refractivity contribution < 1.29 is 13.5 Å². The van der Waals surface area contributed by atoms with Crippen molar-refractivity contribution in [1.29, 1.82) is 0 Å². The first kappa shape index (κ1) is 18.1. The van der Waals surface area contributed by atoms with Gasteiger partial charge in [-0.25, -0.2) is 13.8 Å². The van der Waals surface area contributed by atoms with Crippen LogP contribution in [-0.4, -0.2) is 37.7 Å². The van der Waals surface area contributed by atoms with Crippen molar-refractivity contribution in [2.75, 3.05) is 26.7 Å².